The molecule has 0 aliphatic rings. The number of anilines is 1. The minimum Gasteiger partial charge on any atom is -0.444 e. The van der Waals surface area contributed by atoms with E-state index in [4.69, 9.17) is 16.3 Å². The molecule has 0 bridgehead atoms. The Kier molecular flexibility index (Phi) is 12.5. The van der Waals surface area contributed by atoms with Gasteiger partial charge in [-0.3, -0.25) is 23.8 Å². The molecule has 0 aliphatic carbocycles. The van der Waals surface area contributed by atoms with Crippen molar-refractivity contribution in [1.82, 2.24) is 15.2 Å². The Morgan fingerprint density at radius 2 is 1.66 bits per heavy atom. The molecule has 2 aromatic carbocycles. The average Bonchev–Trinajstić information content (AvgIpc) is 2.96. The number of benzene rings is 2. The lowest BCUT2D eigenvalue weighted by Gasteiger charge is -2.30. The Morgan fingerprint density at radius 1 is 1.02 bits per heavy atom. The number of amides is 2. The highest BCUT2D eigenvalue weighted by atomic mass is 35.5. The van der Waals surface area contributed by atoms with Gasteiger partial charge in [-0.25, -0.2) is 4.79 Å². The Bertz CT molecular complexity index is 1520. The van der Waals surface area contributed by atoms with Crippen LogP contribution in [0.15, 0.2) is 54.7 Å². The van der Waals surface area contributed by atoms with Crippen molar-refractivity contribution in [3.05, 3.63) is 70.9 Å². The van der Waals surface area contributed by atoms with Crippen LogP contribution in [0.2, 0.25) is 5.02 Å². The number of carbonyl (C=O) groups is 2. The van der Waals surface area contributed by atoms with Gasteiger partial charge in [0.05, 0.1) is 11.2 Å². The highest BCUT2D eigenvalue weighted by molar-refractivity contribution is 7.70. The number of rotatable bonds is 14. The highest BCUT2D eigenvalue weighted by Crippen LogP contribution is 2.58. The van der Waals surface area contributed by atoms with Gasteiger partial charge in [0.15, 0.2) is 0 Å². The summed E-state index contributed by atoms with van der Waals surface area (Å²) in [7, 11) is -10.7. The largest absolute Gasteiger partial charge is 0.444 e. The van der Waals surface area contributed by atoms with Gasteiger partial charge in [-0.2, -0.15) is 0 Å². The zero-order chi connectivity index (χ0) is 32.7. The molecule has 0 spiro atoms. The molecule has 1 heterocycles. The standard InChI is InChI=1S/C28H37ClN4O9P2/c1-4-32(5-2)15-7-8-19(3)33(25-17-22(29)16-24-23(25)9-6-14-30-24)28(35)42-18-20-10-12-21(13-11-20)26(34)31-27(43(36,37)38)44(39,40)41/h6,9-14,16-17,19,27H,4-5,7-8,15,18H2,1-3H3,(H,31,34)(H2,36,37,38)(H2,39,40,41). The van der Waals surface area contributed by atoms with Crippen LogP contribution in [0.1, 0.15) is 49.5 Å². The smallest absolute Gasteiger partial charge is 0.414 e. The first-order valence-electron chi connectivity index (χ1n) is 13.9. The highest BCUT2D eigenvalue weighted by Gasteiger charge is 2.44. The SMILES string of the molecule is CCN(CC)CCCC(C)N(C(=O)OCc1ccc(C(=O)NC(P(=O)(O)O)P(=O)(O)O)cc1)c1cc(Cl)cc2ncccc12. The van der Waals surface area contributed by atoms with Crippen molar-refractivity contribution in [2.45, 2.75) is 51.8 Å². The Morgan fingerprint density at radius 3 is 2.25 bits per heavy atom. The normalized spacial score (nSPS) is 12.9. The third-order valence-electron chi connectivity index (χ3n) is 7.03. The summed E-state index contributed by atoms with van der Waals surface area (Å²) in [5.41, 5.74) is -1.13. The summed E-state index contributed by atoms with van der Waals surface area (Å²) >= 11 is 6.41. The number of nitrogens with one attached hydrogen (secondary N) is 1. The molecule has 2 amide bonds. The summed E-state index contributed by atoms with van der Waals surface area (Å²) < 4.78 is 28.6. The number of aromatic nitrogens is 1. The fraction of sp³-hybridized carbons (Fsp3) is 0.393. The van der Waals surface area contributed by atoms with Gasteiger partial charge in [-0.1, -0.05) is 37.6 Å². The topological polar surface area (TPSA) is 190 Å². The molecule has 5 N–H and O–H groups in total. The Hall–Kier alpha value is -2.86. The molecule has 1 atom stereocenters. The van der Waals surface area contributed by atoms with Crippen LogP contribution in [-0.4, -0.2) is 72.7 Å². The van der Waals surface area contributed by atoms with Crippen LogP contribution in [0.4, 0.5) is 10.5 Å². The van der Waals surface area contributed by atoms with E-state index in [2.05, 4.69) is 23.7 Å². The van der Waals surface area contributed by atoms with Crippen LogP contribution in [0.3, 0.4) is 0 Å². The molecular weight excluding hydrogens is 634 g/mol. The number of carbonyl (C=O) groups excluding carboxylic acids is 2. The van der Waals surface area contributed by atoms with E-state index in [1.807, 2.05) is 13.0 Å². The van der Waals surface area contributed by atoms with E-state index in [0.29, 0.717) is 28.2 Å². The first-order valence-corrected chi connectivity index (χ1v) is 17.6. The van der Waals surface area contributed by atoms with Gasteiger partial charge in [0.25, 0.3) is 5.91 Å². The second-order valence-electron chi connectivity index (χ2n) is 10.2. The maximum Gasteiger partial charge on any atom is 0.414 e. The van der Waals surface area contributed by atoms with Crippen LogP contribution < -0.4 is 10.2 Å². The van der Waals surface area contributed by atoms with Gasteiger partial charge < -0.3 is 34.5 Å². The predicted octanol–water partition coefficient (Wildman–Crippen LogP) is 4.91. The summed E-state index contributed by atoms with van der Waals surface area (Å²) in [5.74, 6) is -1.10. The third kappa shape index (κ3) is 9.57. The van der Waals surface area contributed by atoms with E-state index in [-0.39, 0.29) is 18.2 Å². The summed E-state index contributed by atoms with van der Waals surface area (Å²) in [6, 6.07) is 12.2. The lowest BCUT2D eigenvalue weighted by atomic mass is 10.1. The monoisotopic (exact) mass is 670 g/mol. The molecule has 0 fully saturated rings. The van der Waals surface area contributed by atoms with Crippen LogP contribution >= 0.6 is 26.8 Å². The zero-order valence-corrected chi connectivity index (χ0v) is 27.1. The number of hydrogen-bond donors (Lipinski definition) is 5. The van der Waals surface area contributed by atoms with E-state index >= 15 is 0 Å². The Balaban J connectivity index is 1.79. The molecule has 0 saturated carbocycles. The molecule has 3 rings (SSSR count). The lowest BCUT2D eigenvalue weighted by Crippen LogP contribution is -2.40. The molecule has 13 nitrogen and oxygen atoms in total. The van der Waals surface area contributed by atoms with E-state index in [9.17, 15) is 38.3 Å². The first kappa shape index (κ1) is 35.6. The third-order valence-corrected chi connectivity index (χ3v) is 10.6. The molecule has 1 aromatic heterocycles. The van der Waals surface area contributed by atoms with Crippen molar-refractivity contribution >= 4 is 55.4 Å². The minimum atomic E-state index is -5.35. The summed E-state index contributed by atoms with van der Waals surface area (Å²) in [5, 5.41) is 2.84. The maximum absolute atomic E-state index is 13.6. The van der Waals surface area contributed by atoms with Crippen LogP contribution in [0, 0.1) is 0 Å². The number of ether oxygens (including phenoxy) is 1. The van der Waals surface area contributed by atoms with Crippen molar-refractivity contribution in [2.75, 3.05) is 24.5 Å². The van der Waals surface area contributed by atoms with Crippen molar-refractivity contribution in [2.24, 2.45) is 0 Å². The van der Waals surface area contributed by atoms with Crippen molar-refractivity contribution < 1.29 is 43.0 Å². The van der Waals surface area contributed by atoms with E-state index < -0.39 is 32.7 Å². The fourth-order valence-electron chi connectivity index (χ4n) is 4.66. The second-order valence-corrected chi connectivity index (χ2v) is 14.4. The molecule has 240 valence electrons. The van der Waals surface area contributed by atoms with E-state index in [1.54, 1.807) is 34.6 Å². The lowest BCUT2D eigenvalue weighted by molar-refractivity contribution is 0.0947. The maximum atomic E-state index is 13.6. The van der Waals surface area contributed by atoms with Gasteiger partial charge in [-0.15, -0.1) is 0 Å². The van der Waals surface area contributed by atoms with Gasteiger partial charge in [0.2, 0.25) is 5.52 Å². The van der Waals surface area contributed by atoms with Gasteiger partial charge in [0, 0.05) is 28.2 Å². The average molecular weight is 671 g/mol. The second kappa shape index (κ2) is 15.4. The minimum absolute atomic E-state index is 0.117. The summed E-state index contributed by atoms with van der Waals surface area (Å²) in [6.07, 6.45) is 2.55. The van der Waals surface area contributed by atoms with E-state index in [0.717, 1.165) is 31.4 Å². The zero-order valence-electron chi connectivity index (χ0n) is 24.5. The van der Waals surface area contributed by atoms with Gasteiger partial charge >= 0.3 is 21.3 Å². The number of hydrogen-bond acceptors (Lipinski definition) is 7. The fourth-order valence-corrected chi connectivity index (χ4v) is 7.00. The van der Waals surface area contributed by atoms with Gasteiger partial charge in [0.1, 0.15) is 6.61 Å². The van der Waals surface area contributed by atoms with Gasteiger partial charge in [-0.05, 0) is 81.4 Å². The Labute approximate surface area is 260 Å². The number of pyridine rings is 1. The molecule has 44 heavy (non-hydrogen) atoms. The van der Waals surface area contributed by atoms with Crippen LogP contribution in [-0.2, 0) is 20.5 Å². The van der Waals surface area contributed by atoms with Crippen LogP contribution in [0.25, 0.3) is 10.9 Å². The quantitative estimate of drug-likeness (QED) is 0.147. The van der Waals surface area contributed by atoms with Crippen molar-refractivity contribution in [3.63, 3.8) is 0 Å². The molecule has 1 unspecified atom stereocenters. The first-order chi connectivity index (χ1) is 20.6. The molecule has 0 saturated heterocycles. The molecule has 0 aliphatic heterocycles. The molecule has 16 heteroatoms. The molecular formula is C28H37ClN4O9P2. The van der Waals surface area contributed by atoms with Crippen molar-refractivity contribution in [1.29, 1.82) is 0 Å². The summed E-state index contributed by atoms with van der Waals surface area (Å²) in [4.78, 5) is 71.3. The number of nitrogens with zero attached hydrogens (tertiary/aromatic N) is 3. The van der Waals surface area contributed by atoms with Crippen LogP contribution in [0.5, 0.6) is 0 Å². The van der Waals surface area contributed by atoms with Crippen molar-refractivity contribution in [3.8, 4) is 0 Å². The number of halogens is 1. The number of fused-ring (bicyclic) bond motifs is 1. The summed E-state index contributed by atoms with van der Waals surface area (Å²) in [6.45, 7) is 8.69. The molecule has 0 radical (unpaired) electrons. The van der Waals surface area contributed by atoms with E-state index in [1.165, 1.54) is 24.3 Å². The molecule has 3 aromatic rings. The predicted molar refractivity (Wildman–Crippen MR) is 168 cm³/mol.